The molecule has 1 aromatic carbocycles. The molecule has 0 aliphatic rings. The van der Waals surface area contributed by atoms with Crippen molar-refractivity contribution in [1.82, 2.24) is 5.32 Å². The third kappa shape index (κ3) is 6.55. The predicted octanol–water partition coefficient (Wildman–Crippen LogP) is 1.78. The van der Waals surface area contributed by atoms with Gasteiger partial charge in [-0.1, -0.05) is 12.1 Å². The standard InChI is InChI=1S/C17H25NO6/c1-5-23-15(21)12-8-6-7-11(9-12)14(20)13(19)10-18-16(22)24-17(2,3)4/h6-9,13-14,19-20H,5,10H2,1-4H3,(H,18,22). The van der Waals surface area contributed by atoms with Crippen molar-refractivity contribution >= 4 is 12.1 Å². The van der Waals surface area contributed by atoms with Crippen LogP contribution in [-0.2, 0) is 9.47 Å². The normalized spacial score (nSPS) is 13.8. The zero-order chi connectivity index (χ0) is 18.3. The van der Waals surface area contributed by atoms with Gasteiger partial charge in [0, 0.05) is 6.54 Å². The molecule has 134 valence electrons. The second-order valence-electron chi connectivity index (χ2n) is 6.24. The lowest BCUT2D eigenvalue weighted by Gasteiger charge is -2.22. The van der Waals surface area contributed by atoms with E-state index in [0.29, 0.717) is 5.56 Å². The number of amides is 1. The summed E-state index contributed by atoms with van der Waals surface area (Å²) in [6, 6.07) is 6.15. The van der Waals surface area contributed by atoms with E-state index in [2.05, 4.69) is 5.32 Å². The van der Waals surface area contributed by atoms with Crippen molar-refractivity contribution in [2.75, 3.05) is 13.2 Å². The summed E-state index contributed by atoms with van der Waals surface area (Å²) >= 11 is 0. The monoisotopic (exact) mass is 339 g/mol. The van der Waals surface area contributed by atoms with E-state index in [1.807, 2.05) is 0 Å². The number of carbonyl (C=O) groups is 2. The molecule has 0 aliphatic carbocycles. The molecule has 0 spiro atoms. The quantitative estimate of drug-likeness (QED) is 0.682. The number of hydrogen-bond acceptors (Lipinski definition) is 6. The molecule has 2 unspecified atom stereocenters. The van der Waals surface area contributed by atoms with Crippen molar-refractivity contribution < 1.29 is 29.3 Å². The smallest absolute Gasteiger partial charge is 0.407 e. The first-order valence-corrected chi connectivity index (χ1v) is 7.74. The second kappa shape index (κ2) is 8.65. The lowest BCUT2D eigenvalue weighted by Crippen LogP contribution is -2.38. The number of rotatable bonds is 6. The van der Waals surface area contributed by atoms with Crippen LogP contribution in [0.15, 0.2) is 24.3 Å². The highest BCUT2D eigenvalue weighted by Gasteiger charge is 2.22. The highest BCUT2D eigenvalue weighted by Crippen LogP contribution is 2.18. The van der Waals surface area contributed by atoms with Crippen molar-refractivity contribution in [2.45, 2.75) is 45.5 Å². The zero-order valence-corrected chi connectivity index (χ0v) is 14.4. The maximum Gasteiger partial charge on any atom is 0.407 e. The van der Waals surface area contributed by atoms with E-state index in [1.54, 1.807) is 45.9 Å². The van der Waals surface area contributed by atoms with Gasteiger partial charge in [0.2, 0.25) is 0 Å². The summed E-state index contributed by atoms with van der Waals surface area (Å²) in [6.45, 7) is 6.91. The maximum absolute atomic E-state index is 11.7. The van der Waals surface area contributed by atoms with Crippen molar-refractivity contribution in [2.24, 2.45) is 0 Å². The van der Waals surface area contributed by atoms with Crippen LogP contribution in [0.2, 0.25) is 0 Å². The Bertz CT molecular complexity index is 566. The Hall–Kier alpha value is -2.12. The van der Waals surface area contributed by atoms with Gasteiger partial charge in [-0.25, -0.2) is 9.59 Å². The lowest BCUT2D eigenvalue weighted by molar-refractivity contribution is 0.0129. The summed E-state index contributed by atoms with van der Waals surface area (Å²) in [7, 11) is 0. The molecule has 0 heterocycles. The molecular formula is C17H25NO6. The SMILES string of the molecule is CCOC(=O)c1cccc(C(O)C(O)CNC(=O)OC(C)(C)C)c1. The van der Waals surface area contributed by atoms with Crippen LogP contribution in [-0.4, -0.2) is 47.1 Å². The topological polar surface area (TPSA) is 105 Å². The van der Waals surface area contributed by atoms with Gasteiger partial charge in [-0.2, -0.15) is 0 Å². The highest BCUT2D eigenvalue weighted by molar-refractivity contribution is 5.89. The summed E-state index contributed by atoms with van der Waals surface area (Å²) in [5.74, 6) is -0.507. The zero-order valence-electron chi connectivity index (χ0n) is 14.4. The number of ether oxygens (including phenoxy) is 2. The fraction of sp³-hybridized carbons (Fsp3) is 0.529. The molecule has 0 bridgehead atoms. The van der Waals surface area contributed by atoms with Gasteiger partial charge in [-0.15, -0.1) is 0 Å². The molecule has 0 fully saturated rings. The van der Waals surface area contributed by atoms with Crippen molar-refractivity contribution in [3.05, 3.63) is 35.4 Å². The van der Waals surface area contributed by atoms with Gasteiger partial charge in [0.1, 0.15) is 17.8 Å². The minimum absolute atomic E-state index is 0.195. The molecule has 1 amide bonds. The Balaban J connectivity index is 2.65. The van der Waals surface area contributed by atoms with Crippen LogP contribution in [0.25, 0.3) is 0 Å². The van der Waals surface area contributed by atoms with Gasteiger partial charge in [-0.05, 0) is 45.4 Å². The van der Waals surface area contributed by atoms with E-state index >= 15 is 0 Å². The number of alkyl carbamates (subject to hydrolysis) is 1. The molecule has 7 heteroatoms. The first-order valence-electron chi connectivity index (χ1n) is 7.74. The largest absolute Gasteiger partial charge is 0.462 e. The minimum Gasteiger partial charge on any atom is -0.462 e. The summed E-state index contributed by atoms with van der Waals surface area (Å²) in [4.78, 5) is 23.2. The fourth-order valence-corrected chi connectivity index (χ4v) is 1.90. The van der Waals surface area contributed by atoms with Gasteiger partial charge >= 0.3 is 12.1 Å². The first kappa shape index (κ1) is 19.9. The Kier molecular flexibility index (Phi) is 7.18. The molecular weight excluding hydrogens is 314 g/mol. The Labute approximate surface area is 141 Å². The highest BCUT2D eigenvalue weighted by atomic mass is 16.6. The van der Waals surface area contributed by atoms with Crippen LogP contribution in [0, 0.1) is 0 Å². The molecule has 7 nitrogen and oxygen atoms in total. The third-order valence-corrected chi connectivity index (χ3v) is 2.96. The number of aliphatic hydroxyl groups excluding tert-OH is 2. The average Bonchev–Trinajstić information content (AvgIpc) is 2.50. The summed E-state index contributed by atoms with van der Waals surface area (Å²) in [5, 5.41) is 22.6. The minimum atomic E-state index is -1.27. The van der Waals surface area contributed by atoms with Gasteiger partial charge in [-0.3, -0.25) is 0 Å². The van der Waals surface area contributed by atoms with E-state index in [0.717, 1.165) is 0 Å². The number of hydrogen-bond donors (Lipinski definition) is 3. The van der Waals surface area contributed by atoms with E-state index in [-0.39, 0.29) is 18.7 Å². The van der Waals surface area contributed by atoms with Crippen LogP contribution in [0.5, 0.6) is 0 Å². The van der Waals surface area contributed by atoms with Crippen LogP contribution in [0.1, 0.15) is 49.7 Å². The molecule has 0 saturated carbocycles. The molecule has 2 atom stereocenters. The fourth-order valence-electron chi connectivity index (χ4n) is 1.90. The van der Waals surface area contributed by atoms with Crippen molar-refractivity contribution in [3.8, 4) is 0 Å². The van der Waals surface area contributed by atoms with Crippen LogP contribution in [0.4, 0.5) is 4.79 Å². The van der Waals surface area contributed by atoms with E-state index in [9.17, 15) is 19.8 Å². The first-order chi connectivity index (χ1) is 11.1. The predicted molar refractivity (Wildman–Crippen MR) is 87.6 cm³/mol. The van der Waals surface area contributed by atoms with E-state index < -0.39 is 29.9 Å². The summed E-state index contributed by atoms with van der Waals surface area (Å²) in [6.07, 6.45) is -3.21. The number of esters is 1. The molecule has 24 heavy (non-hydrogen) atoms. The molecule has 1 rings (SSSR count). The van der Waals surface area contributed by atoms with Gasteiger partial charge in [0.15, 0.2) is 0 Å². The Morgan fingerprint density at radius 1 is 1.25 bits per heavy atom. The summed E-state index contributed by atoms with van der Waals surface area (Å²) in [5.41, 5.74) is -0.0264. The molecule has 3 N–H and O–H groups in total. The molecule has 0 radical (unpaired) electrons. The second-order valence-corrected chi connectivity index (χ2v) is 6.24. The van der Waals surface area contributed by atoms with E-state index in [4.69, 9.17) is 9.47 Å². The van der Waals surface area contributed by atoms with Crippen LogP contribution >= 0.6 is 0 Å². The van der Waals surface area contributed by atoms with Crippen LogP contribution in [0.3, 0.4) is 0 Å². The average molecular weight is 339 g/mol. The number of aliphatic hydroxyl groups is 2. The Morgan fingerprint density at radius 2 is 1.92 bits per heavy atom. The van der Waals surface area contributed by atoms with Crippen LogP contribution < -0.4 is 5.32 Å². The van der Waals surface area contributed by atoms with Gasteiger partial charge in [0.05, 0.1) is 12.2 Å². The molecule has 1 aromatic rings. The number of nitrogens with one attached hydrogen (secondary N) is 1. The molecule has 0 aliphatic heterocycles. The summed E-state index contributed by atoms with van der Waals surface area (Å²) < 4.78 is 9.94. The number of benzene rings is 1. The van der Waals surface area contributed by atoms with Gasteiger partial charge in [0.25, 0.3) is 0 Å². The number of carbonyl (C=O) groups excluding carboxylic acids is 2. The maximum atomic E-state index is 11.7. The van der Waals surface area contributed by atoms with Gasteiger partial charge < -0.3 is 25.0 Å². The van der Waals surface area contributed by atoms with Crippen molar-refractivity contribution in [3.63, 3.8) is 0 Å². The Morgan fingerprint density at radius 3 is 2.50 bits per heavy atom. The van der Waals surface area contributed by atoms with E-state index in [1.165, 1.54) is 6.07 Å². The lowest BCUT2D eigenvalue weighted by atomic mass is 10.0. The van der Waals surface area contributed by atoms with Crippen molar-refractivity contribution in [1.29, 1.82) is 0 Å². The third-order valence-electron chi connectivity index (χ3n) is 2.96. The molecule has 0 saturated heterocycles. The molecule has 0 aromatic heterocycles.